The van der Waals surface area contributed by atoms with E-state index in [-0.39, 0.29) is 5.88 Å². The largest absolute Gasteiger partial charge is 0.512 e. The van der Waals surface area contributed by atoms with Crippen molar-refractivity contribution in [2.75, 3.05) is 0 Å². The first-order valence-corrected chi connectivity index (χ1v) is 4.86. The summed E-state index contributed by atoms with van der Waals surface area (Å²) in [6.07, 6.45) is 1.89. The van der Waals surface area contributed by atoms with Crippen molar-refractivity contribution < 1.29 is 14.6 Å². The lowest BCUT2D eigenvalue weighted by Crippen LogP contribution is -2.08. The van der Waals surface area contributed by atoms with Gasteiger partial charge in [0.2, 0.25) is 5.88 Å². The molecule has 17 heavy (non-hydrogen) atoms. The molecule has 0 bridgehead atoms. The van der Waals surface area contributed by atoms with Gasteiger partial charge in [0.15, 0.2) is 0 Å². The second kappa shape index (κ2) is 4.60. The molecule has 0 aliphatic rings. The van der Waals surface area contributed by atoms with Gasteiger partial charge < -0.3 is 9.84 Å². The predicted octanol–water partition coefficient (Wildman–Crippen LogP) is 1.09. The van der Waals surface area contributed by atoms with Crippen LogP contribution >= 0.6 is 0 Å². The molecule has 0 atom stereocenters. The Labute approximate surface area is 96.7 Å². The van der Waals surface area contributed by atoms with Crippen LogP contribution in [0.5, 0.6) is 5.88 Å². The number of carboxylic acid groups (broad SMARTS) is 1. The summed E-state index contributed by atoms with van der Waals surface area (Å²) < 4.78 is 6.03. The topological polar surface area (TPSA) is 90.1 Å². The Hall–Kier alpha value is -2.44. The first kappa shape index (κ1) is 11.1. The third-order valence-electron chi connectivity index (χ3n) is 2.06. The molecule has 88 valence electrons. The van der Waals surface area contributed by atoms with E-state index < -0.39 is 6.16 Å². The van der Waals surface area contributed by atoms with E-state index in [1.54, 1.807) is 30.1 Å². The smallest absolute Gasteiger partial charge is 0.449 e. The maximum absolute atomic E-state index is 10.4. The highest BCUT2D eigenvalue weighted by atomic mass is 16.7. The van der Waals surface area contributed by atoms with Crippen molar-refractivity contribution in [1.29, 1.82) is 0 Å². The van der Waals surface area contributed by atoms with Gasteiger partial charge in [-0.15, -0.1) is 5.10 Å². The molecule has 2 rings (SSSR count). The highest BCUT2D eigenvalue weighted by Crippen LogP contribution is 2.11. The third-order valence-corrected chi connectivity index (χ3v) is 2.06. The maximum atomic E-state index is 10.4. The summed E-state index contributed by atoms with van der Waals surface area (Å²) in [6, 6.07) is 3.26. The van der Waals surface area contributed by atoms with E-state index >= 15 is 0 Å². The SMILES string of the molecule is Cc1cc(OC(=O)O)nn1Cc1ncccn1. The van der Waals surface area contributed by atoms with Crippen molar-refractivity contribution in [3.05, 3.63) is 36.0 Å². The van der Waals surface area contributed by atoms with E-state index in [9.17, 15) is 4.79 Å². The van der Waals surface area contributed by atoms with Crippen LogP contribution in [0.25, 0.3) is 0 Å². The summed E-state index contributed by atoms with van der Waals surface area (Å²) >= 11 is 0. The van der Waals surface area contributed by atoms with E-state index in [1.165, 1.54) is 6.07 Å². The molecule has 7 nitrogen and oxygen atoms in total. The molecule has 2 aromatic rings. The normalized spacial score (nSPS) is 10.2. The number of nitrogens with zero attached hydrogens (tertiary/aromatic N) is 4. The summed E-state index contributed by atoms with van der Waals surface area (Å²) in [5.41, 5.74) is 0.772. The fraction of sp³-hybridized carbons (Fsp3) is 0.200. The molecular weight excluding hydrogens is 224 g/mol. The van der Waals surface area contributed by atoms with Crippen LogP contribution in [-0.4, -0.2) is 31.0 Å². The first-order chi connectivity index (χ1) is 8.15. The van der Waals surface area contributed by atoms with Crippen molar-refractivity contribution >= 4 is 6.16 Å². The van der Waals surface area contributed by atoms with Gasteiger partial charge in [0.1, 0.15) is 12.4 Å². The average Bonchev–Trinajstić information content (AvgIpc) is 2.59. The molecule has 0 aliphatic carbocycles. The quantitative estimate of drug-likeness (QED) is 0.799. The van der Waals surface area contributed by atoms with Gasteiger partial charge in [0.05, 0.1) is 0 Å². The van der Waals surface area contributed by atoms with Gasteiger partial charge in [0.25, 0.3) is 0 Å². The monoisotopic (exact) mass is 234 g/mol. The fourth-order valence-corrected chi connectivity index (χ4v) is 1.32. The van der Waals surface area contributed by atoms with Crippen LogP contribution in [0, 0.1) is 6.92 Å². The maximum Gasteiger partial charge on any atom is 0.512 e. The summed E-state index contributed by atoms with van der Waals surface area (Å²) in [4.78, 5) is 18.5. The summed E-state index contributed by atoms with van der Waals surface area (Å²) in [7, 11) is 0. The number of hydrogen-bond acceptors (Lipinski definition) is 5. The standard InChI is InChI=1S/C10H10N4O3/c1-7-5-9(17-10(15)16)13-14(7)6-8-11-3-2-4-12-8/h2-5H,6H2,1H3,(H,15,16). The highest BCUT2D eigenvalue weighted by Gasteiger charge is 2.09. The lowest BCUT2D eigenvalue weighted by Gasteiger charge is -2.01. The zero-order chi connectivity index (χ0) is 12.3. The van der Waals surface area contributed by atoms with Gasteiger partial charge in [-0.05, 0) is 13.0 Å². The Kier molecular flexibility index (Phi) is 2.99. The number of aryl methyl sites for hydroxylation is 1. The minimum atomic E-state index is -1.38. The number of aromatic nitrogens is 4. The van der Waals surface area contributed by atoms with Crippen molar-refractivity contribution in [3.8, 4) is 5.88 Å². The molecule has 0 radical (unpaired) electrons. The molecule has 2 aromatic heterocycles. The Morgan fingerprint density at radius 1 is 1.47 bits per heavy atom. The van der Waals surface area contributed by atoms with Crippen LogP contribution in [0.3, 0.4) is 0 Å². The fourth-order valence-electron chi connectivity index (χ4n) is 1.32. The molecule has 2 heterocycles. The molecule has 0 aliphatic heterocycles. The lowest BCUT2D eigenvalue weighted by molar-refractivity contribution is 0.142. The van der Waals surface area contributed by atoms with E-state index in [0.717, 1.165) is 5.69 Å². The number of rotatable bonds is 3. The molecule has 7 heteroatoms. The Bertz CT molecular complexity index is 524. The van der Waals surface area contributed by atoms with E-state index in [4.69, 9.17) is 5.11 Å². The van der Waals surface area contributed by atoms with Crippen LogP contribution in [0.4, 0.5) is 4.79 Å². The van der Waals surface area contributed by atoms with Gasteiger partial charge in [-0.25, -0.2) is 14.8 Å². The Morgan fingerprint density at radius 3 is 2.82 bits per heavy atom. The summed E-state index contributed by atoms with van der Waals surface area (Å²) in [5, 5.41) is 12.4. The van der Waals surface area contributed by atoms with Crippen LogP contribution < -0.4 is 4.74 Å². The minimum absolute atomic E-state index is 0.0472. The predicted molar refractivity (Wildman–Crippen MR) is 56.8 cm³/mol. The summed E-state index contributed by atoms with van der Waals surface area (Å²) in [6.45, 7) is 2.17. The van der Waals surface area contributed by atoms with Gasteiger partial charge in [-0.2, -0.15) is 0 Å². The number of hydrogen-bond donors (Lipinski definition) is 1. The van der Waals surface area contributed by atoms with Gasteiger partial charge in [0, 0.05) is 24.2 Å². The van der Waals surface area contributed by atoms with Crippen molar-refractivity contribution in [2.45, 2.75) is 13.5 Å². The average molecular weight is 234 g/mol. The van der Waals surface area contributed by atoms with E-state index in [2.05, 4.69) is 19.8 Å². The van der Waals surface area contributed by atoms with E-state index in [0.29, 0.717) is 12.4 Å². The van der Waals surface area contributed by atoms with E-state index in [1.807, 2.05) is 0 Å². The molecule has 0 unspecified atom stereocenters. The number of carbonyl (C=O) groups is 1. The molecule has 0 amide bonds. The lowest BCUT2D eigenvalue weighted by atomic mass is 10.4. The molecule has 1 N–H and O–H groups in total. The van der Waals surface area contributed by atoms with Crippen molar-refractivity contribution in [1.82, 2.24) is 19.7 Å². The molecular formula is C10H10N4O3. The van der Waals surface area contributed by atoms with Crippen molar-refractivity contribution in [3.63, 3.8) is 0 Å². The Morgan fingerprint density at radius 2 is 2.18 bits per heavy atom. The van der Waals surface area contributed by atoms with Crippen LogP contribution in [0.1, 0.15) is 11.5 Å². The zero-order valence-electron chi connectivity index (χ0n) is 9.07. The molecule has 0 fully saturated rings. The van der Waals surface area contributed by atoms with Crippen molar-refractivity contribution in [2.24, 2.45) is 0 Å². The summed E-state index contributed by atoms with van der Waals surface area (Å²) in [5.74, 6) is 0.645. The molecule has 0 spiro atoms. The highest BCUT2D eigenvalue weighted by molar-refractivity contribution is 5.60. The molecule has 0 aromatic carbocycles. The van der Waals surface area contributed by atoms with Gasteiger partial charge >= 0.3 is 6.16 Å². The number of ether oxygens (including phenoxy) is 1. The minimum Gasteiger partial charge on any atom is -0.449 e. The third kappa shape index (κ3) is 2.77. The van der Waals surface area contributed by atoms with Crippen LogP contribution in [-0.2, 0) is 6.54 Å². The molecule has 0 saturated heterocycles. The van der Waals surface area contributed by atoms with Crippen LogP contribution in [0.15, 0.2) is 24.5 Å². The second-order valence-corrected chi connectivity index (χ2v) is 3.31. The molecule has 0 saturated carbocycles. The van der Waals surface area contributed by atoms with Gasteiger partial charge in [-0.1, -0.05) is 0 Å². The Balaban J connectivity index is 2.16. The second-order valence-electron chi connectivity index (χ2n) is 3.31. The first-order valence-electron chi connectivity index (χ1n) is 4.86. The van der Waals surface area contributed by atoms with Gasteiger partial charge in [-0.3, -0.25) is 4.68 Å². The van der Waals surface area contributed by atoms with Crippen LogP contribution in [0.2, 0.25) is 0 Å². The zero-order valence-corrected chi connectivity index (χ0v) is 9.07.